The number of aryl methyl sites for hydroxylation is 1. The van der Waals surface area contributed by atoms with Crippen LogP contribution in [0.2, 0.25) is 0 Å². The number of esters is 4. The Hall–Kier alpha value is -7.62. The summed E-state index contributed by atoms with van der Waals surface area (Å²) in [6.45, 7) is 33.4. The molecule has 16 heteroatoms. The van der Waals surface area contributed by atoms with Gasteiger partial charge in [-0.15, -0.1) is 0 Å². The Balaban J connectivity index is 0.000000431. The van der Waals surface area contributed by atoms with Gasteiger partial charge in [-0.05, 0) is 206 Å². The minimum absolute atomic E-state index is 0.195. The molecule has 16 nitrogen and oxygen atoms in total. The number of hydrogen-bond acceptors (Lipinski definition) is 16. The van der Waals surface area contributed by atoms with Crippen LogP contribution in [0.25, 0.3) is 12.2 Å². The zero-order valence-electron chi connectivity index (χ0n) is 51.6. The Kier molecular flexibility index (Phi) is 25.9. The zero-order valence-corrected chi connectivity index (χ0v) is 51.6. The monoisotopic (exact) mass is 1140 g/mol. The van der Waals surface area contributed by atoms with Gasteiger partial charge in [0.05, 0.1) is 34.9 Å². The molecule has 82 heavy (non-hydrogen) atoms. The van der Waals surface area contributed by atoms with Crippen LogP contribution in [-0.4, -0.2) is 75.8 Å². The van der Waals surface area contributed by atoms with E-state index in [2.05, 4.69) is 27.7 Å². The topological polar surface area (TPSA) is 195 Å². The molecule has 0 heterocycles. The van der Waals surface area contributed by atoms with Gasteiger partial charge in [-0.2, -0.15) is 0 Å². The minimum atomic E-state index is -0.638. The van der Waals surface area contributed by atoms with E-state index in [4.69, 9.17) is 47.4 Å². The maximum atomic E-state index is 13.0. The molecular weight excluding hydrogens is 1050 g/mol. The highest BCUT2D eigenvalue weighted by Gasteiger charge is 2.28. The maximum absolute atomic E-state index is 13.0. The summed E-state index contributed by atoms with van der Waals surface area (Å²) in [5, 5.41) is 0. The standard InChI is InChI=1S/C34H46O8.C32H42O8/c1-11-34(9,10)26-19-24(28(38-12-2)20-29(26)40-22-42-31(37)33(6,7)8)15-18-27(35)23-13-16-25(17-14-23)39-21-41-30(36)32(3,4)5;1-9-11-23-18-24(27(36-10-2)19-28(23)38-21-40-30(35)32(6,7)8)14-17-26(33)22-12-15-25(16-13-22)37-20-39-29(34)31(3,4)5/h13-20H,11-12,21-22H2,1-10H3;12-19H,9-11,20-21H2,1-8H3/b18-15+;17-14+. The van der Waals surface area contributed by atoms with E-state index in [0.29, 0.717) is 58.8 Å². The molecule has 0 aliphatic carbocycles. The van der Waals surface area contributed by atoms with Crippen LogP contribution < -0.4 is 28.4 Å². The fraction of sp³-hybridized carbons (Fsp3) is 0.485. The molecule has 0 saturated carbocycles. The van der Waals surface area contributed by atoms with E-state index >= 15 is 0 Å². The Morgan fingerprint density at radius 3 is 1.09 bits per heavy atom. The number of allylic oxidation sites excluding steroid dienone is 2. The van der Waals surface area contributed by atoms with E-state index in [1.165, 1.54) is 12.2 Å². The number of carbonyl (C=O) groups is 6. The third-order valence-electron chi connectivity index (χ3n) is 12.2. The normalized spacial score (nSPS) is 11.9. The van der Waals surface area contributed by atoms with Crippen LogP contribution in [0.15, 0.2) is 84.9 Å². The number of ether oxygens (including phenoxy) is 10. The fourth-order valence-corrected chi connectivity index (χ4v) is 6.88. The summed E-state index contributed by atoms with van der Waals surface area (Å²) in [6.07, 6.45) is 8.85. The number of hydrogen-bond donors (Lipinski definition) is 0. The molecule has 0 aromatic heterocycles. The summed E-state index contributed by atoms with van der Waals surface area (Å²) in [7, 11) is 0. The highest BCUT2D eigenvalue weighted by Crippen LogP contribution is 2.40. The fourth-order valence-electron chi connectivity index (χ4n) is 6.88. The molecule has 0 atom stereocenters. The van der Waals surface area contributed by atoms with Crippen LogP contribution in [0.1, 0.15) is 180 Å². The van der Waals surface area contributed by atoms with Crippen molar-refractivity contribution in [1.82, 2.24) is 0 Å². The number of benzene rings is 4. The van der Waals surface area contributed by atoms with Gasteiger partial charge >= 0.3 is 23.9 Å². The molecule has 4 rings (SSSR count). The summed E-state index contributed by atoms with van der Waals surface area (Å²) >= 11 is 0. The van der Waals surface area contributed by atoms with Crippen LogP contribution in [0.4, 0.5) is 0 Å². The molecule has 0 bridgehead atoms. The maximum Gasteiger partial charge on any atom is 0.314 e. The molecule has 4 aromatic carbocycles. The Bertz CT molecular complexity index is 2830. The predicted molar refractivity (Wildman–Crippen MR) is 316 cm³/mol. The molecule has 0 spiro atoms. The second-order valence-corrected chi connectivity index (χ2v) is 24.0. The lowest BCUT2D eigenvalue weighted by atomic mass is 9.80. The Morgan fingerprint density at radius 2 is 0.744 bits per heavy atom. The summed E-state index contributed by atoms with van der Waals surface area (Å²) in [5.74, 6) is 1.36. The van der Waals surface area contributed by atoms with Gasteiger partial charge in [-0.3, -0.25) is 28.8 Å². The van der Waals surface area contributed by atoms with Crippen molar-refractivity contribution >= 4 is 47.6 Å². The molecule has 0 amide bonds. The van der Waals surface area contributed by atoms with Crippen molar-refractivity contribution in [2.45, 2.75) is 149 Å². The molecule has 0 saturated heterocycles. The zero-order chi connectivity index (χ0) is 61.6. The van der Waals surface area contributed by atoms with Gasteiger partial charge < -0.3 is 47.4 Å². The first kappa shape index (κ1) is 68.7. The third-order valence-corrected chi connectivity index (χ3v) is 12.2. The highest BCUT2D eigenvalue weighted by atomic mass is 16.7. The molecule has 0 aliphatic rings. The van der Waals surface area contributed by atoms with Crippen LogP contribution in [0.5, 0.6) is 34.5 Å². The molecule has 0 unspecified atom stereocenters. The number of carbonyl (C=O) groups excluding carboxylic acids is 6. The molecule has 0 fully saturated rings. The van der Waals surface area contributed by atoms with Gasteiger partial charge in [0.25, 0.3) is 0 Å². The first-order chi connectivity index (χ1) is 38.2. The van der Waals surface area contributed by atoms with Gasteiger partial charge in [0.1, 0.15) is 34.5 Å². The third kappa shape index (κ3) is 22.4. The summed E-state index contributed by atoms with van der Waals surface area (Å²) in [5.41, 5.74) is 1.47. The second-order valence-electron chi connectivity index (χ2n) is 24.0. The number of rotatable bonds is 26. The van der Waals surface area contributed by atoms with E-state index in [1.807, 2.05) is 26.0 Å². The Morgan fingerprint density at radius 1 is 0.402 bits per heavy atom. The summed E-state index contributed by atoms with van der Waals surface area (Å²) in [4.78, 5) is 73.9. The van der Waals surface area contributed by atoms with Crippen LogP contribution in [0, 0.1) is 21.7 Å². The molecular formula is C66H88O16. The minimum Gasteiger partial charge on any atom is -0.493 e. The van der Waals surface area contributed by atoms with Crippen LogP contribution in [0.3, 0.4) is 0 Å². The van der Waals surface area contributed by atoms with Gasteiger partial charge in [0.15, 0.2) is 11.6 Å². The van der Waals surface area contributed by atoms with E-state index in [-0.39, 0.29) is 68.0 Å². The summed E-state index contributed by atoms with van der Waals surface area (Å²) in [6, 6.07) is 20.6. The highest BCUT2D eigenvalue weighted by molar-refractivity contribution is 6.07. The lowest BCUT2D eigenvalue weighted by Crippen LogP contribution is -2.25. The van der Waals surface area contributed by atoms with Crippen molar-refractivity contribution in [1.29, 1.82) is 0 Å². The molecule has 0 N–H and O–H groups in total. The number of ketones is 2. The Labute approximate surface area is 486 Å². The van der Waals surface area contributed by atoms with Crippen LogP contribution in [-0.2, 0) is 50.0 Å². The van der Waals surface area contributed by atoms with Crippen molar-refractivity contribution in [3.05, 3.63) is 118 Å². The molecule has 0 aliphatic heterocycles. The van der Waals surface area contributed by atoms with Crippen LogP contribution >= 0.6 is 0 Å². The second kappa shape index (κ2) is 31.0. The van der Waals surface area contributed by atoms with Gasteiger partial charge in [0, 0.05) is 39.9 Å². The van der Waals surface area contributed by atoms with Gasteiger partial charge in [-0.1, -0.05) is 34.1 Å². The average Bonchev–Trinajstić information content (AvgIpc) is 3.40. The van der Waals surface area contributed by atoms with Crippen molar-refractivity contribution < 1.29 is 76.1 Å². The largest absolute Gasteiger partial charge is 0.493 e. The van der Waals surface area contributed by atoms with E-state index in [9.17, 15) is 28.8 Å². The molecule has 0 radical (unpaired) electrons. The smallest absolute Gasteiger partial charge is 0.314 e. The van der Waals surface area contributed by atoms with E-state index in [0.717, 1.165) is 41.5 Å². The SMILES string of the molecule is CCCc1cc(/C=C/C(=O)c2ccc(OCOC(=O)C(C)(C)C)cc2)c(OCC)cc1OCOC(=O)C(C)(C)C.CCOc1cc(OCOC(=O)C(C)(C)C)c(C(C)(C)CC)cc1/C=C/C(=O)c1ccc(OCOC(=O)C(C)(C)C)cc1. The predicted octanol–water partition coefficient (Wildman–Crippen LogP) is 14.3. The lowest BCUT2D eigenvalue weighted by Gasteiger charge is -2.27. The molecule has 4 aromatic rings. The van der Waals surface area contributed by atoms with Crippen molar-refractivity contribution in [3.63, 3.8) is 0 Å². The van der Waals surface area contributed by atoms with E-state index < -0.39 is 21.7 Å². The first-order valence-electron chi connectivity index (χ1n) is 27.7. The van der Waals surface area contributed by atoms with Gasteiger partial charge in [0.2, 0.25) is 27.2 Å². The van der Waals surface area contributed by atoms with Crippen molar-refractivity contribution in [3.8, 4) is 34.5 Å². The summed E-state index contributed by atoms with van der Waals surface area (Å²) < 4.78 is 55.2. The van der Waals surface area contributed by atoms with Gasteiger partial charge in [-0.25, -0.2) is 0 Å². The average molecular weight is 1140 g/mol. The van der Waals surface area contributed by atoms with E-state index in [1.54, 1.807) is 156 Å². The quantitative estimate of drug-likeness (QED) is 0.0189. The lowest BCUT2D eigenvalue weighted by molar-refractivity contribution is -0.160. The van der Waals surface area contributed by atoms with Crippen molar-refractivity contribution in [2.75, 3.05) is 40.4 Å². The van der Waals surface area contributed by atoms with Crippen molar-refractivity contribution in [2.24, 2.45) is 21.7 Å². The first-order valence-corrected chi connectivity index (χ1v) is 27.7. The molecule has 448 valence electrons.